The molecule has 0 amide bonds. The van der Waals surface area contributed by atoms with Gasteiger partial charge in [0.2, 0.25) is 0 Å². The fraction of sp³-hybridized carbons (Fsp3) is 0.529. The standard InChI is InChI=1S/C17H24N2O2/c1-3-19-9-10-20-16(12-19)13-21-17-7-6-15(5-4-8-18)11-14(17)2/h6-7,11,16H,3,8-10,12-13,18H2,1-2H3. The average Bonchev–Trinajstić information content (AvgIpc) is 2.52. The van der Waals surface area contributed by atoms with E-state index < -0.39 is 0 Å². The molecular formula is C17H24N2O2. The van der Waals surface area contributed by atoms with Gasteiger partial charge in [-0.25, -0.2) is 0 Å². The quantitative estimate of drug-likeness (QED) is 0.851. The van der Waals surface area contributed by atoms with Crippen molar-refractivity contribution in [2.45, 2.75) is 20.0 Å². The highest BCUT2D eigenvalue weighted by Crippen LogP contribution is 2.19. The topological polar surface area (TPSA) is 47.7 Å². The highest BCUT2D eigenvalue weighted by molar-refractivity contribution is 5.43. The maximum Gasteiger partial charge on any atom is 0.122 e. The summed E-state index contributed by atoms with van der Waals surface area (Å²) in [5.41, 5.74) is 7.44. The van der Waals surface area contributed by atoms with Gasteiger partial charge in [0, 0.05) is 18.7 Å². The summed E-state index contributed by atoms with van der Waals surface area (Å²) in [5, 5.41) is 0. The molecule has 114 valence electrons. The molecule has 0 radical (unpaired) electrons. The van der Waals surface area contributed by atoms with E-state index in [1.807, 2.05) is 25.1 Å². The summed E-state index contributed by atoms with van der Waals surface area (Å²) < 4.78 is 11.6. The summed E-state index contributed by atoms with van der Waals surface area (Å²) in [6.07, 6.45) is 0.148. The Bertz CT molecular complexity index is 519. The Hall–Kier alpha value is -1.54. The van der Waals surface area contributed by atoms with Crippen molar-refractivity contribution in [3.8, 4) is 17.6 Å². The summed E-state index contributed by atoms with van der Waals surface area (Å²) in [7, 11) is 0. The smallest absolute Gasteiger partial charge is 0.122 e. The molecule has 4 nitrogen and oxygen atoms in total. The lowest BCUT2D eigenvalue weighted by atomic mass is 10.1. The predicted octanol–water partition coefficient (Wildman–Crippen LogP) is 1.40. The van der Waals surface area contributed by atoms with Crippen LogP contribution in [0.1, 0.15) is 18.1 Å². The molecule has 1 aromatic rings. The van der Waals surface area contributed by atoms with E-state index in [2.05, 4.69) is 23.7 Å². The fourth-order valence-corrected chi connectivity index (χ4v) is 2.39. The molecular weight excluding hydrogens is 264 g/mol. The van der Waals surface area contributed by atoms with Crippen LogP contribution in [0.4, 0.5) is 0 Å². The molecule has 21 heavy (non-hydrogen) atoms. The van der Waals surface area contributed by atoms with Gasteiger partial charge in [0.1, 0.15) is 18.5 Å². The molecule has 0 saturated carbocycles. The summed E-state index contributed by atoms with van der Waals surface area (Å²) in [5.74, 6) is 6.78. The van der Waals surface area contributed by atoms with E-state index in [-0.39, 0.29) is 6.10 Å². The SMILES string of the molecule is CCN1CCOC(COc2ccc(C#CCN)cc2C)C1. The Morgan fingerprint density at radius 2 is 2.33 bits per heavy atom. The van der Waals surface area contributed by atoms with Crippen molar-refractivity contribution in [3.05, 3.63) is 29.3 Å². The largest absolute Gasteiger partial charge is 0.491 e. The molecule has 0 spiro atoms. The number of rotatable bonds is 4. The third-order valence-electron chi connectivity index (χ3n) is 3.60. The van der Waals surface area contributed by atoms with E-state index in [9.17, 15) is 0 Å². The highest BCUT2D eigenvalue weighted by atomic mass is 16.5. The first-order valence-corrected chi connectivity index (χ1v) is 7.49. The van der Waals surface area contributed by atoms with Gasteiger partial charge in [-0.3, -0.25) is 4.90 Å². The highest BCUT2D eigenvalue weighted by Gasteiger charge is 2.19. The van der Waals surface area contributed by atoms with E-state index >= 15 is 0 Å². The fourth-order valence-electron chi connectivity index (χ4n) is 2.39. The van der Waals surface area contributed by atoms with Gasteiger partial charge in [-0.2, -0.15) is 0 Å². The van der Waals surface area contributed by atoms with Gasteiger partial charge in [0.15, 0.2) is 0 Å². The van der Waals surface area contributed by atoms with Crippen molar-refractivity contribution in [2.24, 2.45) is 5.73 Å². The van der Waals surface area contributed by atoms with Crippen LogP contribution in [0.25, 0.3) is 0 Å². The van der Waals surface area contributed by atoms with Crippen molar-refractivity contribution < 1.29 is 9.47 Å². The average molecular weight is 288 g/mol. The van der Waals surface area contributed by atoms with Crippen LogP contribution in [-0.4, -0.2) is 50.4 Å². The second-order valence-electron chi connectivity index (χ2n) is 5.18. The lowest BCUT2D eigenvalue weighted by Gasteiger charge is -2.31. The Morgan fingerprint density at radius 1 is 1.48 bits per heavy atom. The Morgan fingerprint density at radius 3 is 3.05 bits per heavy atom. The Labute approximate surface area is 127 Å². The second kappa shape index (κ2) is 8.04. The minimum atomic E-state index is 0.148. The summed E-state index contributed by atoms with van der Waals surface area (Å²) >= 11 is 0. The van der Waals surface area contributed by atoms with Gasteiger partial charge in [0.05, 0.1) is 13.2 Å². The molecule has 1 aliphatic rings. The van der Waals surface area contributed by atoms with E-state index in [1.165, 1.54) is 0 Å². The Balaban J connectivity index is 1.91. The van der Waals surface area contributed by atoms with Crippen molar-refractivity contribution in [3.63, 3.8) is 0 Å². The lowest BCUT2D eigenvalue weighted by molar-refractivity contribution is -0.0464. The third-order valence-corrected chi connectivity index (χ3v) is 3.60. The van der Waals surface area contributed by atoms with Crippen LogP contribution in [-0.2, 0) is 4.74 Å². The van der Waals surface area contributed by atoms with Gasteiger partial charge in [-0.15, -0.1) is 0 Å². The zero-order valence-electron chi connectivity index (χ0n) is 12.9. The second-order valence-corrected chi connectivity index (χ2v) is 5.18. The van der Waals surface area contributed by atoms with E-state index in [4.69, 9.17) is 15.2 Å². The number of nitrogens with two attached hydrogens (primary N) is 1. The number of likely N-dealkylation sites (N-methyl/N-ethyl adjacent to an activating group) is 1. The number of nitrogens with zero attached hydrogens (tertiary/aromatic N) is 1. The van der Waals surface area contributed by atoms with E-state index in [0.29, 0.717) is 13.2 Å². The van der Waals surface area contributed by atoms with Crippen molar-refractivity contribution in [1.82, 2.24) is 4.90 Å². The van der Waals surface area contributed by atoms with Crippen molar-refractivity contribution in [1.29, 1.82) is 0 Å². The molecule has 0 aromatic heterocycles. The number of morpholine rings is 1. The van der Waals surface area contributed by atoms with Crippen LogP contribution in [0.15, 0.2) is 18.2 Å². The van der Waals surface area contributed by atoms with Gasteiger partial charge in [0.25, 0.3) is 0 Å². The molecule has 2 N–H and O–H groups in total. The van der Waals surface area contributed by atoms with Crippen molar-refractivity contribution in [2.75, 3.05) is 39.4 Å². The molecule has 4 heteroatoms. The molecule has 1 heterocycles. The molecule has 0 bridgehead atoms. The van der Waals surface area contributed by atoms with Crippen LogP contribution >= 0.6 is 0 Å². The first-order valence-electron chi connectivity index (χ1n) is 7.49. The number of hydrogen-bond donors (Lipinski definition) is 1. The number of benzene rings is 1. The minimum absolute atomic E-state index is 0.148. The number of ether oxygens (including phenoxy) is 2. The Kier molecular flexibility index (Phi) is 6.06. The van der Waals surface area contributed by atoms with Gasteiger partial charge in [-0.1, -0.05) is 18.8 Å². The van der Waals surface area contributed by atoms with Gasteiger partial charge in [-0.05, 0) is 37.2 Å². The molecule has 1 aromatic carbocycles. The van der Waals surface area contributed by atoms with Gasteiger partial charge >= 0.3 is 0 Å². The minimum Gasteiger partial charge on any atom is -0.491 e. The van der Waals surface area contributed by atoms with E-state index in [0.717, 1.165) is 43.1 Å². The summed E-state index contributed by atoms with van der Waals surface area (Å²) in [6, 6.07) is 5.96. The van der Waals surface area contributed by atoms with Crippen LogP contribution in [0.3, 0.4) is 0 Å². The van der Waals surface area contributed by atoms with Gasteiger partial charge < -0.3 is 15.2 Å². The van der Waals surface area contributed by atoms with Crippen LogP contribution in [0.2, 0.25) is 0 Å². The molecule has 1 atom stereocenters. The molecule has 1 unspecified atom stereocenters. The predicted molar refractivity (Wildman–Crippen MR) is 84.5 cm³/mol. The molecule has 1 saturated heterocycles. The number of hydrogen-bond acceptors (Lipinski definition) is 4. The number of aryl methyl sites for hydroxylation is 1. The van der Waals surface area contributed by atoms with Crippen LogP contribution < -0.4 is 10.5 Å². The summed E-state index contributed by atoms with van der Waals surface area (Å²) in [6.45, 7) is 8.98. The van der Waals surface area contributed by atoms with Crippen LogP contribution in [0.5, 0.6) is 5.75 Å². The molecule has 0 aliphatic carbocycles. The monoisotopic (exact) mass is 288 g/mol. The lowest BCUT2D eigenvalue weighted by Crippen LogP contribution is -2.44. The zero-order valence-corrected chi connectivity index (χ0v) is 12.9. The molecule has 1 aliphatic heterocycles. The first-order chi connectivity index (χ1) is 10.2. The summed E-state index contributed by atoms with van der Waals surface area (Å²) in [4.78, 5) is 2.38. The molecule has 1 fully saturated rings. The molecule has 2 rings (SSSR count). The third kappa shape index (κ3) is 4.75. The zero-order chi connectivity index (χ0) is 15.1. The first kappa shape index (κ1) is 15.8. The normalized spacial score (nSPS) is 18.9. The van der Waals surface area contributed by atoms with Crippen LogP contribution in [0, 0.1) is 18.8 Å². The van der Waals surface area contributed by atoms with E-state index in [1.54, 1.807) is 0 Å². The van der Waals surface area contributed by atoms with Crippen molar-refractivity contribution >= 4 is 0 Å². The maximum atomic E-state index is 5.90. The maximum absolute atomic E-state index is 5.90.